The van der Waals surface area contributed by atoms with Gasteiger partial charge in [-0.05, 0) is 277 Å². The number of rotatable bonds is 12. The summed E-state index contributed by atoms with van der Waals surface area (Å²) in [5, 5.41) is 11.6. The number of anilines is 6. The fourth-order valence-electron chi connectivity index (χ4n) is 19.4. The molecule has 8 bridgehead atoms. The normalized spacial score (nSPS) is 24.7. The Morgan fingerprint density at radius 3 is 0.802 bits per heavy atom. The summed E-state index contributed by atoms with van der Waals surface area (Å²) in [5.74, 6) is 4.97. The van der Waals surface area contributed by atoms with Crippen molar-refractivity contribution >= 4 is 102 Å². The molecule has 11 aromatic carbocycles. The lowest BCUT2D eigenvalue weighted by Gasteiger charge is -2.57. The van der Waals surface area contributed by atoms with Gasteiger partial charge in [-0.1, -0.05) is 180 Å². The molecule has 2 heteroatoms. The van der Waals surface area contributed by atoms with E-state index in [1.54, 1.807) is 11.1 Å². The molecular formula is C84H78N2. The summed E-state index contributed by atoms with van der Waals surface area (Å²) in [6, 6.07) is 75.7. The molecule has 0 aliphatic heterocycles. The highest BCUT2D eigenvalue weighted by atomic mass is 15.1. The van der Waals surface area contributed by atoms with E-state index in [1.165, 1.54) is 199 Å². The number of hydrogen-bond acceptors (Lipinski definition) is 2. The fraction of sp³-hybridized carbons (Fsp3) is 0.286. The second-order valence-corrected chi connectivity index (χ2v) is 28.5. The quantitative estimate of drug-likeness (QED) is 0.0683. The van der Waals surface area contributed by atoms with Gasteiger partial charge in [0, 0.05) is 33.5 Å². The van der Waals surface area contributed by atoms with Crippen LogP contribution in [0.25, 0.3) is 67.4 Å². The van der Waals surface area contributed by atoms with Gasteiger partial charge in [-0.25, -0.2) is 0 Å². The van der Waals surface area contributed by atoms with Crippen LogP contribution in [0.4, 0.5) is 34.1 Å². The van der Waals surface area contributed by atoms with Gasteiger partial charge < -0.3 is 9.80 Å². The Hall–Kier alpha value is -8.20. The number of benzene rings is 11. The molecule has 0 aromatic heterocycles. The maximum Gasteiger partial charge on any atom is 0.0540 e. The van der Waals surface area contributed by atoms with Gasteiger partial charge >= 0.3 is 0 Å². The van der Waals surface area contributed by atoms with Crippen LogP contribution in [-0.4, -0.2) is 0 Å². The van der Waals surface area contributed by atoms with Crippen molar-refractivity contribution in [2.24, 2.45) is 35.5 Å². The van der Waals surface area contributed by atoms with Crippen molar-refractivity contribution in [2.45, 2.75) is 116 Å². The lowest BCUT2D eigenvalue weighted by molar-refractivity contribution is -0.00462. The molecular weight excluding hydrogens is 1040 g/mol. The van der Waals surface area contributed by atoms with Gasteiger partial charge in [0.1, 0.15) is 0 Å². The summed E-state index contributed by atoms with van der Waals surface area (Å²) >= 11 is 0. The average molecular weight is 1120 g/mol. The number of hydrogen-bond donors (Lipinski definition) is 0. The standard InChI is InChI=1S/C84H78N2/c1-53-5-13-57(14-6-53)17-19-59-21-29-69(30-22-59)85(67-25-9-55(3)10-26-67)77-39-35-73-79-71(77)33-37-75(83-47-61-41-62(48-83)43-63(42-61)49-83)81(79)74-36-40-78(72-34-38-76(82(73)80(72)74)84-50-64-44-65(51-84)46-66(45-64)52-84)86(68-27-11-56(4)12-28-68)70-31-23-60(24-32-70)20-18-58-15-7-54(2)8-16-58/h5-40,61-66H,41-52H2,1-4H3/b19-17+,20-18+. The summed E-state index contributed by atoms with van der Waals surface area (Å²) in [4.78, 5) is 5.14. The number of aryl methyl sites for hydroxylation is 4. The Balaban J connectivity index is 0.920. The SMILES string of the molecule is Cc1ccc(/C=C/c2ccc(N(c3ccc(C)cc3)c3ccc4c5c(C67CC8CC(CC(C8)C6)C7)ccc6c(N(c7ccc(C)cc7)c7ccc(/C=C/c8ccc(C)cc8)cc7)ccc(c7c(C89CC%10CC(CC(C%10)C8)C9)ccc3c47)c65)cc2)cc1. The Morgan fingerprint density at radius 2 is 0.512 bits per heavy atom. The summed E-state index contributed by atoms with van der Waals surface area (Å²) < 4.78 is 0. The first-order valence-corrected chi connectivity index (χ1v) is 32.7. The molecule has 8 aliphatic carbocycles. The molecule has 2 nitrogen and oxygen atoms in total. The Labute approximate surface area is 509 Å². The largest absolute Gasteiger partial charge is 0.310 e. The maximum absolute atomic E-state index is 2.69. The summed E-state index contributed by atoms with van der Waals surface area (Å²) in [7, 11) is 0. The molecule has 0 unspecified atom stereocenters. The second-order valence-electron chi connectivity index (χ2n) is 28.5. The van der Waals surface area contributed by atoms with E-state index in [-0.39, 0.29) is 10.8 Å². The zero-order valence-corrected chi connectivity index (χ0v) is 50.6. The summed E-state index contributed by atoms with van der Waals surface area (Å²) in [6.45, 7) is 8.73. The molecule has 8 aliphatic rings. The van der Waals surface area contributed by atoms with Crippen LogP contribution in [0.5, 0.6) is 0 Å². The van der Waals surface area contributed by atoms with Crippen LogP contribution < -0.4 is 9.80 Å². The van der Waals surface area contributed by atoms with E-state index in [4.69, 9.17) is 0 Å². The second kappa shape index (κ2) is 20.2. The molecule has 19 rings (SSSR count). The van der Waals surface area contributed by atoms with Crippen LogP contribution in [0, 0.1) is 63.2 Å². The zero-order valence-electron chi connectivity index (χ0n) is 50.6. The zero-order chi connectivity index (χ0) is 57.4. The van der Waals surface area contributed by atoms with Gasteiger partial charge in [0.05, 0.1) is 11.4 Å². The van der Waals surface area contributed by atoms with Crippen molar-refractivity contribution in [1.29, 1.82) is 0 Å². The van der Waals surface area contributed by atoms with Crippen LogP contribution >= 0.6 is 0 Å². The Morgan fingerprint density at radius 1 is 0.267 bits per heavy atom. The highest BCUT2D eigenvalue weighted by Crippen LogP contribution is 2.65. The van der Waals surface area contributed by atoms with Crippen LogP contribution in [0.1, 0.15) is 133 Å². The van der Waals surface area contributed by atoms with Crippen LogP contribution in [0.15, 0.2) is 194 Å². The smallest absolute Gasteiger partial charge is 0.0540 e. The minimum Gasteiger partial charge on any atom is -0.310 e. The van der Waals surface area contributed by atoms with Crippen molar-refractivity contribution in [3.8, 4) is 0 Å². The van der Waals surface area contributed by atoms with Crippen molar-refractivity contribution in [3.05, 3.63) is 250 Å². The third-order valence-electron chi connectivity index (χ3n) is 22.5. The van der Waals surface area contributed by atoms with Crippen molar-refractivity contribution < 1.29 is 0 Å². The molecule has 424 valence electrons. The fourth-order valence-corrected chi connectivity index (χ4v) is 19.4. The highest BCUT2D eigenvalue weighted by Gasteiger charge is 2.54. The van der Waals surface area contributed by atoms with E-state index in [9.17, 15) is 0 Å². The highest BCUT2D eigenvalue weighted by molar-refractivity contribution is 6.37. The molecule has 0 atom stereocenters. The minimum absolute atomic E-state index is 0.174. The van der Waals surface area contributed by atoms with E-state index in [0.29, 0.717) is 0 Å². The lowest BCUT2D eigenvalue weighted by atomic mass is 9.47. The molecule has 0 amide bonds. The topological polar surface area (TPSA) is 6.48 Å². The lowest BCUT2D eigenvalue weighted by Crippen LogP contribution is -2.48. The summed E-state index contributed by atoms with van der Waals surface area (Å²) in [6.07, 6.45) is 25.5. The monoisotopic (exact) mass is 1110 g/mol. The van der Waals surface area contributed by atoms with Crippen molar-refractivity contribution in [1.82, 2.24) is 0 Å². The van der Waals surface area contributed by atoms with Gasteiger partial charge in [0.25, 0.3) is 0 Å². The van der Waals surface area contributed by atoms with E-state index < -0.39 is 0 Å². The predicted octanol–water partition coefficient (Wildman–Crippen LogP) is 23.2. The van der Waals surface area contributed by atoms with Gasteiger partial charge in [-0.3, -0.25) is 0 Å². The minimum atomic E-state index is 0.174. The van der Waals surface area contributed by atoms with Gasteiger partial charge in [0.15, 0.2) is 0 Å². The number of nitrogens with zero attached hydrogens (tertiary/aromatic N) is 2. The average Bonchev–Trinajstić information content (AvgIpc) is 0.813. The van der Waals surface area contributed by atoms with Crippen molar-refractivity contribution in [2.75, 3.05) is 9.80 Å². The van der Waals surface area contributed by atoms with Crippen molar-refractivity contribution in [3.63, 3.8) is 0 Å². The van der Waals surface area contributed by atoms with Gasteiger partial charge in [-0.2, -0.15) is 0 Å². The van der Waals surface area contributed by atoms with E-state index in [0.717, 1.165) is 35.5 Å². The summed E-state index contributed by atoms with van der Waals surface area (Å²) in [5.41, 5.74) is 20.8. The molecule has 0 heterocycles. The van der Waals surface area contributed by atoms with E-state index in [2.05, 4.69) is 256 Å². The van der Waals surface area contributed by atoms with Gasteiger partial charge in [-0.15, -0.1) is 0 Å². The molecule has 0 spiro atoms. The molecule has 8 fully saturated rings. The molecule has 0 N–H and O–H groups in total. The molecule has 86 heavy (non-hydrogen) atoms. The first kappa shape index (κ1) is 52.2. The predicted molar refractivity (Wildman–Crippen MR) is 366 cm³/mol. The van der Waals surface area contributed by atoms with Crippen LogP contribution in [-0.2, 0) is 10.8 Å². The molecule has 8 saturated carbocycles. The first-order chi connectivity index (χ1) is 42.1. The molecule has 11 aromatic rings. The van der Waals surface area contributed by atoms with E-state index >= 15 is 0 Å². The third kappa shape index (κ3) is 8.78. The maximum atomic E-state index is 2.69. The Bertz CT molecular complexity index is 4100. The molecule has 0 radical (unpaired) electrons. The number of fused-ring (bicyclic) bond motifs is 2. The first-order valence-electron chi connectivity index (χ1n) is 32.7. The molecule has 0 saturated heterocycles. The van der Waals surface area contributed by atoms with E-state index in [1.807, 2.05) is 0 Å². The van der Waals surface area contributed by atoms with Crippen LogP contribution in [0.3, 0.4) is 0 Å². The van der Waals surface area contributed by atoms with Crippen LogP contribution in [0.2, 0.25) is 0 Å². The Kier molecular flexibility index (Phi) is 12.3. The van der Waals surface area contributed by atoms with Gasteiger partial charge in [0.2, 0.25) is 0 Å². The third-order valence-corrected chi connectivity index (χ3v) is 22.5.